The molecule has 0 aliphatic rings. The first kappa shape index (κ1) is 13.7. The molecule has 0 radical (unpaired) electrons. The predicted octanol–water partition coefficient (Wildman–Crippen LogP) is 3.41. The summed E-state index contributed by atoms with van der Waals surface area (Å²) in [5.74, 6) is 1.46. The normalized spacial score (nSPS) is 12.0. The van der Waals surface area contributed by atoms with Crippen molar-refractivity contribution in [3.05, 3.63) is 58.6 Å². The lowest BCUT2D eigenvalue weighted by atomic mass is 9.98. The third kappa shape index (κ3) is 3.00. The number of benzene rings is 2. The first-order valence-electron chi connectivity index (χ1n) is 5.88. The van der Waals surface area contributed by atoms with E-state index >= 15 is 0 Å². The summed E-state index contributed by atoms with van der Waals surface area (Å²) in [4.78, 5) is 0. The maximum atomic E-state index is 6.29. The van der Waals surface area contributed by atoms with Crippen molar-refractivity contribution >= 4 is 11.6 Å². The smallest absolute Gasteiger partial charge is 0.125 e. The third-order valence-electron chi connectivity index (χ3n) is 2.98. The summed E-state index contributed by atoms with van der Waals surface area (Å²) in [7, 11) is 3.24. The maximum Gasteiger partial charge on any atom is 0.125 e. The van der Waals surface area contributed by atoms with E-state index in [0.29, 0.717) is 10.8 Å². The van der Waals surface area contributed by atoms with Crippen LogP contribution in [-0.2, 0) is 0 Å². The van der Waals surface area contributed by atoms with Crippen molar-refractivity contribution in [1.29, 1.82) is 0 Å². The number of halogens is 1. The first-order valence-corrected chi connectivity index (χ1v) is 6.26. The Bertz CT molecular complexity index is 572. The molecule has 2 rings (SSSR count). The number of nitrogens with two attached hydrogens (primary N) is 1. The summed E-state index contributed by atoms with van der Waals surface area (Å²) >= 11 is 5.95. The molecule has 0 heterocycles. The predicted molar refractivity (Wildman–Crippen MR) is 77.0 cm³/mol. The van der Waals surface area contributed by atoms with Gasteiger partial charge in [-0.05, 0) is 29.8 Å². The molecule has 0 aliphatic heterocycles. The molecule has 1 atom stereocenters. The second-order valence-electron chi connectivity index (χ2n) is 4.14. The minimum atomic E-state index is -0.290. The van der Waals surface area contributed by atoms with Crippen LogP contribution in [0.3, 0.4) is 0 Å². The Kier molecular flexibility index (Phi) is 4.30. The van der Waals surface area contributed by atoms with Crippen molar-refractivity contribution in [3.63, 3.8) is 0 Å². The highest BCUT2D eigenvalue weighted by Crippen LogP contribution is 2.31. The maximum absolute atomic E-state index is 6.29. The van der Waals surface area contributed by atoms with Crippen molar-refractivity contribution in [2.45, 2.75) is 6.04 Å². The second-order valence-corrected chi connectivity index (χ2v) is 4.58. The Morgan fingerprint density at radius 2 is 1.84 bits per heavy atom. The van der Waals surface area contributed by atoms with Gasteiger partial charge in [0.15, 0.2) is 0 Å². The van der Waals surface area contributed by atoms with E-state index in [-0.39, 0.29) is 6.04 Å². The summed E-state index contributed by atoms with van der Waals surface area (Å²) in [6.45, 7) is 0. The molecule has 4 heteroatoms. The van der Waals surface area contributed by atoms with Gasteiger partial charge in [-0.1, -0.05) is 29.8 Å². The summed E-state index contributed by atoms with van der Waals surface area (Å²) in [6, 6.07) is 12.8. The van der Waals surface area contributed by atoms with Crippen LogP contribution in [-0.4, -0.2) is 14.2 Å². The topological polar surface area (TPSA) is 44.5 Å². The Morgan fingerprint density at radius 1 is 1.05 bits per heavy atom. The molecule has 19 heavy (non-hydrogen) atoms. The van der Waals surface area contributed by atoms with E-state index in [0.717, 1.165) is 16.9 Å². The average Bonchev–Trinajstić information content (AvgIpc) is 2.46. The summed E-state index contributed by atoms with van der Waals surface area (Å²) in [6.07, 6.45) is 0. The van der Waals surface area contributed by atoms with E-state index in [2.05, 4.69) is 0 Å². The number of methoxy groups -OCH3 is 2. The van der Waals surface area contributed by atoms with Crippen molar-refractivity contribution in [2.75, 3.05) is 14.2 Å². The molecule has 0 bridgehead atoms. The molecule has 1 unspecified atom stereocenters. The molecule has 100 valence electrons. The van der Waals surface area contributed by atoms with Crippen LogP contribution in [0.5, 0.6) is 11.5 Å². The van der Waals surface area contributed by atoms with Crippen LogP contribution < -0.4 is 15.2 Å². The molecule has 0 saturated heterocycles. The van der Waals surface area contributed by atoms with Gasteiger partial charge in [-0.3, -0.25) is 0 Å². The van der Waals surface area contributed by atoms with Crippen LogP contribution in [0.4, 0.5) is 0 Å². The Balaban J connectivity index is 2.40. The lowest BCUT2D eigenvalue weighted by molar-refractivity contribution is 0.407. The molecule has 2 aromatic rings. The van der Waals surface area contributed by atoms with E-state index in [1.807, 2.05) is 30.3 Å². The van der Waals surface area contributed by atoms with Gasteiger partial charge in [0.25, 0.3) is 0 Å². The van der Waals surface area contributed by atoms with E-state index in [9.17, 15) is 0 Å². The van der Waals surface area contributed by atoms with Crippen molar-refractivity contribution < 1.29 is 9.47 Å². The Hall–Kier alpha value is -1.71. The van der Waals surface area contributed by atoms with Gasteiger partial charge >= 0.3 is 0 Å². The van der Waals surface area contributed by atoms with Crippen LogP contribution in [0, 0.1) is 0 Å². The molecule has 3 nitrogen and oxygen atoms in total. The van der Waals surface area contributed by atoms with Crippen LogP contribution >= 0.6 is 11.6 Å². The number of hydrogen-bond acceptors (Lipinski definition) is 3. The molecule has 0 saturated carbocycles. The van der Waals surface area contributed by atoms with Crippen molar-refractivity contribution in [2.24, 2.45) is 5.73 Å². The fourth-order valence-corrected chi connectivity index (χ4v) is 2.12. The number of rotatable bonds is 4. The zero-order valence-corrected chi connectivity index (χ0v) is 11.6. The molecule has 0 aliphatic carbocycles. The van der Waals surface area contributed by atoms with Gasteiger partial charge < -0.3 is 15.2 Å². The Morgan fingerprint density at radius 3 is 2.53 bits per heavy atom. The van der Waals surface area contributed by atoms with Crippen molar-refractivity contribution in [3.8, 4) is 11.5 Å². The molecule has 2 aromatic carbocycles. The van der Waals surface area contributed by atoms with Crippen molar-refractivity contribution in [1.82, 2.24) is 0 Å². The molecule has 0 amide bonds. The zero-order valence-electron chi connectivity index (χ0n) is 10.9. The van der Waals surface area contributed by atoms with Crippen LogP contribution in [0.15, 0.2) is 42.5 Å². The SMILES string of the molecule is COc1cccc(C(N)c2ccc(Cl)cc2OC)c1. The summed E-state index contributed by atoms with van der Waals surface area (Å²) in [5, 5.41) is 0.624. The fraction of sp³-hybridized carbons (Fsp3) is 0.200. The molecule has 0 aromatic heterocycles. The van der Waals surface area contributed by atoms with Crippen LogP contribution in [0.2, 0.25) is 5.02 Å². The van der Waals surface area contributed by atoms with Gasteiger partial charge in [0.2, 0.25) is 0 Å². The lowest BCUT2D eigenvalue weighted by Crippen LogP contribution is -2.13. The van der Waals surface area contributed by atoms with E-state index in [1.165, 1.54) is 0 Å². The minimum absolute atomic E-state index is 0.290. The Labute approximate surface area is 117 Å². The molecular formula is C15H16ClNO2. The van der Waals surface area contributed by atoms with Gasteiger partial charge in [0, 0.05) is 10.6 Å². The van der Waals surface area contributed by atoms with E-state index in [1.54, 1.807) is 26.4 Å². The molecule has 0 spiro atoms. The summed E-state index contributed by atoms with van der Waals surface area (Å²) in [5.41, 5.74) is 8.14. The van der Waals surface area contributed by atoms with E-state index < -0.39 is 0 Å². The highest BCUT2D eigenvalue weighted by atomic mass is 35.5. The average molecular weight is 278 g/mol. The van der Waals surface area contributed by atoms with E-state index in [4.69, 9.17) is 26.8 Å². The highest BCUT2D eigenvalue weighted by molar-refractivity contribution is 6.30. The standard InChI is InChI=1S/C15H16ClNO2/c1-18-12-5-3-4-10(8-12)15(17)13-7-6-11(16)9-14(13)19-2/h3-9,15H,17H2,1-2H3. The van der Waals surface area contributed by atoms with Gasteiger partial charge in [0.05, 0.1) is 20.3 Å². The largest absolute Gasteiger partial charge is 0.497 e. The summed E-state index contributed by atoms with van der Waals surface area (Å²) < 4.78 is 10.5. The first-order chi connectivity index (χ1) is 9.15. The van der Waals surface area contributed by atoms with Gasteiger partial charge in [-0.15, -0.1) is 0 Å². The quantitative estimate of drug-likeness (QED) is 0.931. The van der Waals surface area contributed by atoms with Gasteiger partial charge in [-0.2, -0.15) is 0 Å². The number of ether oxygens (including phenoxy) is 2. The molecule has 0 fully saturated rings. The molecule has 2 N–H and O–H groups in total. The zero-order chi connectivity index (χ0) is 13.8. The fourth-order valence-electron chi connectivity index (χ4n) is 1.96. The van der Waals surface area contributed by atoms with Gasteiger partial charge in [0.1, 0.15) is 11.5 Å². The third-order valence-corrected chi connectivity index (χ3v) is 3.22. The van der Waals surface area contributed by atoms with Gasteiger partial charge in [-0.25, -0.2) is 0 Å². The molecular weight excluding hydrogens is 262 g/mol. The second kappa shape index (κ2) is 5.95. The van der Waals surface area contributed by atoms with Crippen LogP contribution in [0.25, 0.3) is 0 Å². The minimum Gasteiger partial charge on any atom is -0.497 e. The number of hydrogen-bond donors (Lipinski definition) is 1. The monoisotopic (exact) mass is 277 g/mol. The lowest BCUT2D eigenvalue weighted by Gasteiger charge is -2.17. The highest BCUT2D eigenvalue weighted by Gasteiger charge is 2.14. The van der Waals surface area contributed by atoms with Crippen LogP contribution in [0.1, 0.15) is 17.2 Å².